The maximum absolute atomic E-state index is 13.3. The Bertz CT molecular complexity index is 2050. The standard InChI is InChI=1S/C39H50O24/c1-12-24(45)28(49)32(53)36(55-12)62-35-31(52)27(48)22(11-42)61-39(35)57-15-6-16(43)23-17(44)8-18(58-19(23)7-15)13-2-4-14(5-3-13)56-38-34(30(51)26(47)21(10-41)60-38)63-37-33(54)29(50)25(46)20(9-40)59-37/h2-8,12,20-22,24-43,45-54H,9-11H2,1H3/t12-,20+,21+,22+,24-,25+,26+,27+,28-,29-,30-,31-,32-,33+,34+,35+,36-,37-,38+,39+/m0/s1. The van der Waals surface area contributed by atoms with Gasteiger partial charge in [-0.05, 0) is 31.2 Å². The number of hydrogen-bond acceptors (Lipinski definition) is 24. The first-order valence-electron chi connectivity index (χ1n) is 19.8. The van der Waals surface area contributed by atoms with Crippen molar-refractivity contribution in [2.24, 2.45) is 0 Å². The van der Waals surface area contributed by atoms with E-state index in [1.54, 1.807) is 0 Å². The molecule has 0 spiro atoms. The smallest absolute Gasteiger partial charge is 0.229 e. The van der Waals surface area contributed by atoms with Crippen LogP contribution >= 0.6 is 0 Å². The normalized spacial score (nSPS) is 41.0. The molecule has 20 atom stereocenters. The Kier molecular flexibility index (Phi) is 14.6. The van der Waals surface area contributed by atoms with Gasteiger partial charge in [-0.15, -0.1) is 0 Å². The highest BCUT2D eigenvalue weighted by molar-refractivity contribution is 5.86. The second kappa shape index (κ2) is 19.4. The molecule has 4 saturated heterocycles. The van der Waals surface area contributed by atoms with E-state index in [0.717, 1.165) is 12.1 Å². The second-order valence-corrected chi connectivity index (χ2v) is 15.5. The van der Waals surface area contributed by atoms with Gasteiger partial charge in [0.2, 0.25) is 12.6 Å². The monoisotopic (exact) mass is 902 g/mol. The minimum absolute atomic E-state index is 0.0342. The summed E-state index contributed by atoms with van der Waals surface area (Å²) in [6.07, 6.45) is -32.9. The Hall–Kier alpha value is -3.71. The highest BCUT2D eigenvalue weighted by Gasteiger charge is 2.53. The van der Waals surface area contributed by atoms with Crippen molar-refractivity contribution < 1.29 is 114 Å². The van der Waals surface area contributed by atoms with Gasteiger partial charge in [-0.2, -0.15) is 0 Å². The van der Waals surface area contributed by atoms with Crippen molar-refractivity contribution in [3.05, 3.63) is 52.7 Å². The number of phenols is 1. The van der Waals surface area contributed by atoms with E-state index in [-0.39, 0.29) is 33.8 Å². The highest BCUT2D eigenvalue weighted by atomic mass is 16.8. The summed E-state index contributed by atoms with van der Waals surface area (Å²) in [4.78, 5) is 13.3. The number of ether oxygens (including phenoxy) is 8. The lowest BCUT2D eigenvalue weighted by molar-refractivity contribution is -0.357. The Labute approximate surface area is 355 Å². The van der Waals surface area contributed by atoms with Gasteiger partial charge in [0, 0.05) is 23.8 Å². The van der Waals surface area contributed by atoms with Gasteiger partial charge in [0.1, 0.15) is 113 Å². The van der Waals surface area contributed by atoms with Crippen molar-refractivity contribution in [1.82, 2.24) is 0 Å². The van der Waals surface area contributed by atoms with Gasteiger partial charge < -0.3 is 114 Å². The molecular formula is C39H50O24. The molecule has 350 valence electrons. The van der Waals surface area contributed by atoms with E-state index in [1.165, 1.54) is 37.3 Å². The second-order valence-electron chi connectivity index (χ2n) is 15.5. The molecule has 4 fully saturated rings. The summed E-state index contributed by atoms with van der Waals surface area (Å²) >= 11 is 0. The van der Waals surface area contributed by atoms with Crippen LogP contribution in [0.5, 0.6) is 17.2 Å². The summed E-state index contributed by atoms with van der Waals surface area (Å²) in [5.74, 6) is -0.859. The lowest BCUT2D eigenvalue weighted by Gasteiger charge is -2.45. The first kappa shape index (κ1) is 47.3. The molecule has 0 amide bonds. The molecule has 14 N–H and O–H groups in total. The average molecular weight is 903 g/mol. The summed E-state index contributed by atoms with van der Waals surface area (Å²) in [6, 6.07) is 8.90. The Morgan fingerprint density at radius 2 is 0.984 bits per heavy atom. The van der Waals surface area contributed by atoms with Gasteiger partial charge in [0.15, 0.2) is 30.2 Å². The summed E-state index contributed by atoms with van der Waals surface area (Å²) in [6.45, 7) is -0.947. The number of aliphatic hydroxyl groups is 13. The van der Waals surface area contributed by atoms with Crippen LogP contribution in [0.3, 0.4) is 0 Å². The molecule has 5 heterocycles. The molecule has 4 aliphatic heterocycles. The van der Waals surface area contributed by atoms with Gasteiger partial charge in [-0.3, -0.25) is 4.79 Å². The molecule has 1 aromatic heterocycles. The first-order chi connectivity index (χ1) is 29.9. The largest absolute Gasteiger partial charge is 0.507 e. The summed E-state index contributed by atoms with van der Waals surface area (Å²) in [7, 11) is 0. The summed E-state index contributed by atoms with van der Waals surface area (Å²) in [5, 5.41) is 145. The molecule has 4 aliphatic rings. The van der Waals surface area contributed by atoms with E-state index in [2.05, 4.69) is 0 Å². The fraction of sp³-hybridized carbons (Fsp3) is 0.615. The van der Waals surface area contributed by atoms with Gasteiger partial charge in [0.05, 0.1) is 25.9 Å². The lowest BCUT2D eigenvalue weighted by atomic mass is 9.97. The van der Waals surface area contributed by atoms with Crippen LogP contribution in [0.4, 0.5) is 0 Å². The van der Waals surface area contributed by atoms with Crippen molar-refractivity contribution in [3.63, 3.8) is 0 Å². The maximum Gasteiger partial charge on any atom is 0.229 e. The van der Waals surface area contributed by atoms with Crippen LogP contribution in [-0.4, -0.2) is 214 Å². The molecule has 2 aromatic carbocycles. The van der Waals surface area contributed by atoms with E-state index in [1.807, 2.05) is 0 Å². The third-order valence-corrected chi connectivity index (χ3v) is 11.3. The number of hydrogen-bond donors (Lipinski definition) is 14. The molecule has 0 radical (unpaired) electrons. The van der Waals surface area contributed by atoms with E-state index in [0.29, 0.717) is 0 Å². The SMILES string of the molecule is C[C@@H]1O[C@@H](O[C@H]2[C@H](Oc3cc(O)c4c(=O)cc(-c5ccc(O[C@@H]6O[C@H](CO)[C@@H](O)[C@H](O)[C@H]6O[C@@H]6O[C@H](CO)[C@@H](O)[C@H](O)[C@H]6O)cc5)oc4c3)O[C@H](CO)[C@@H](O)[C@@H]2O)[C@@H](O)[C@@H](O)[C@H]1O. The average Bonchev–Trinajstić information content (AvgIpc) is 3.26. The molecule has 24 heteroatoms. The van der Waals surface area contributed by atoms with Gasteiger partial charge in [-0.1, -0.05) is 0 Å². The number of phenolic OH excluding ortho intramolecular Hbond substituents is 1. The lowest BCUT2D eigenvalue weighted by Crippen LogP contribution is -2.65. The fourth-order valence-electron chi connectivity index (χ4n) is 7.63. The van der Waals surface area contributed by atoms with Crippen molar-refractivity contribution in [2.75, 3.05) is 19.8 Å². The summed E-state index contributed by atoms with van der Waals surface area (Å²) < 4.78 is 51.4. The van der Waals surface area contributed by atoms with Crippen LogP contribution in [0.1, 0.15) is 6.92 Å². The molecule has 0 saturated carbocycles. The molecule has 7 rings (SSSR count). The molecule has 0 aliphatic carbocycles. The van der Waals surface area contributed by atoms with Crippen LogP contribution in [0.15, 0.2) is 51.7 Å². The molecule has 63 heavy (non-hydrogen) atoms. The zero-order valence-electron chi connectivity index (χ0n) is 33.1. The Balaban J connectivity index is 1.11. The maximum atomic E-state index is 13.3. The van der Waals surface area contributed by atoms with E-state index in [9.17, 15) is 76.3 Å². The van der Waals surface area contributed by atoms with Crippen molar-refractivity contribution in [1.29, 1.82) is 0 Å². The number of fused-ring (bicyclic) bond motifs is 1. The zero-order chi connectivity index (χ0) is 45.6. The van der Waals surface area contributed by atoms with Crippen LogP contribution in [0.2, 0.25) is 0 Å². The van der Waals surface area contributed by atoms with Crippen LogP contribution in [-0.2, 0) is 28.4 Å². The predicted octanol–water partition coefficient (Wildman–Crippen LogP) is -5.80. The first-order valence-corrected chi connectivity index (χ1v) is 19.8. The van der Waals surface area contributed by atoms with Crippen LogP contribution in [0.25, 0.3) is 22.3 Å². The predicted molar refractivity (Wildman–Crippen MR) is 202 cm³/mol. The molecule has 3 aromatic rings. The number of aromatic hydroxyl groups is 1. The van der Waals surface area contributed by atoms with E-state index < -0.39 is 154 Å². The van der Waals surface area contributed by atoms with Gasteiger partial charge in [0.25, 0.3) is 0 Å². The van der Waals surface area contributed by atoms with E-state index in [4.69, 9.17) is 42.3 Å². The zero-order valence-corrected chi connectivity index (χ0v) is 33.1. The van der Waals surface area contributed by atoms with Crippen molar-refractivity contribution in [2.45, 2.75) is 130 Å². The third kappa shape index (κ3) is 9.38. The molecular weight excluding hydrogens is 852 g/mol. The highest BCUT2D eigenvalue weighted by Crippen LogP contribution is 2.36. The van der Waals surface area contributed by atoms with Crippen LogP contribution in [0, 0.1) is 0 Å². The van der Waals surface area contributed by atoms with Gasteiger partial charge >= 0.3 is 0 Å². The van der Waals surface area contributed by atoms with Crippen LogP contribution < -0.4 is 14.9 Å². The van der Waals surface area contributed by atoms with Crippen molar-refractivity contribution >= 4 is 11.0 Å². The Morgan fingerprint density at radius 1 is 0.524 bits per heavy atom. The summed E-state index contributed by atoms with van der Waals surface area (Å²) in [5.41, 5.74) is -0.646. The number of benzene rings is 2. The molecule has 24 nitrogen and oxygen atoms in total. The van der Waals surface area contributed by atoms with Crippen molar-refractivity contribution in [3.8, 4) is 28.6 Å². The Morgan fingerprint density at radius 3 is 1.51 bits per heavy atom. The fourth-order valence-corrected chi connectivity index (χ4v) is 7.63. The number of aliphatic hydroxyl groups excluding tert-OH is 13. The quantitative estimate of drug-likeness (QED) is 0.0805. The molecule has 0 bridgehead atoms. The minimum Gasteiger partial charge on any atom is -0.507 e. The molecule has 0 unspecified atom stereocenters. The topological polar surface area (TPSA) is 387 Å². The number of rotatable bonds is 12. The third-order valence-electron chi connectivity index (χ3n) is 11.3. The van der Waals surface area contributed by atoms with Gasteiger partial charge in [-0.25, -0.2) is 0 Å². The minimum atomic E-state index is -1.89. The van der Waals surface area contributed by atoms with E-state index >= 15 is 0 Å².